The summed E-state index contributed by atoms with van der Waals surface area (Å²) in [5.74, 6) is 2.22. The third-order valence-electron chi connectivity index (χ3n) is 4.15. The fourth-order valence-electron chi connectivity index (χ4n) is 2.70. The lowest BCUT2D eigenvalue weighted by Crippen LogP contribution is -2.52. The highest BCUT2D eigenvalue weighted by molar-refractivity contribution is 7.99. The third-order valence-corrected chi connectivity index (χ3v) is 5.54. The lowest BCUT2D eigenvalue weighted by Gasteiger charge is -2.23. The van der Waals surface area contributed by atoms with Gasteiger partial charge in [-0.3, -0.25) is 4.79 Å². The summed E-state index contributed by atoms with van der Waals surface area (Å²) in [5.41, 5.74) is 5.53. The fourth-order valence-corrected chi connectivity index (χ4v) is 3.76. The van der Waals surface area contributed by atoms with E-state index in [9.17, 15) is 4.79 Å². The number of carbonyl (C=O) groups excluding carboxylic acids is 1. The van der Waals surface area contributed by atoms with Gasteiger partial charge in [0.25, 0.3) is 0 Å². The van der Waals surface area contributed by atoms with Gasteiger partial charge >= 0.3 is 0 Å². The van der Waals surface area contributed by atoms with Crippen LogP contribution in [0.15, 0.2) is 29.2 Å². The van der Waals surface area contributed by atoms with E-state index in [-0.39, 0.29) is 18.3 Å². The number of nitrogens with one attached hydrogen (secondary N) is 1. The van der Waals surface area contributed by atoms with Crippen molar-refractivity contribution in [1.82, 2.24) is 5.32 Å². The zero-order valence-electron chi connectivity index (χ0n) is 13.8. The topological polar surface area (TPSA) is 64.3 Å². The van der Waals surface area contributed by atoms with E-state index in [1.807, 2.05) is 18.2 Å². The van der Waals surface area contributed by atoms with Crippen molar-refractivity contribution in [1.29, 1.82) is 0 Å². The highest BCUT2D eigenvalue weighted by atomic mass is 35.5. The van der Waals surface area contributed by atoms with Crippen LogP contribution >= 0.6 is 24.2 Å². The molecule has 0 heterocycles. The van der Waals surface area contributed by atoms with Crippen molar-refractivity contribution in [2.45, 2.75) is 43.0 Å². The molecule has 2 rings (SSSR count). The van der Waals surface area contributed by atoms with Crippen LogP contribution in [0.1, 0.15) is 32.6 Å². The summed E-state index contributed by atoms with van der Waals surface area (Å²) < 4.78 is 5.35. The van der Waals surface area contributed by atoms with E-state index in [0.717, 1.165) is 42.1 Å². The van der Waals surface area contributed by atoms with Crippen LogP contribution in [0.4, 0.5) is 0 Å². The molecule has 130 valence electrons. The smallest absolute Gasteiger partial charge is 0.240 e. The van der Waals surface area contributed by atoms with Crippen molar-refractivity contribution in [3.8, 4) is 5.75 Å². The number of para-hydroxylation sites is 1. The van der Waals surface area contributed by atoms with E-state index < -0.39 is 5.54 Å². The molecule has 3 N–H and O–H groups in total. The first kappa shape index (κ1) is 20.1. The standard InChI is InChI=1S/C17H26N2O2S.ClH/c1-13(11-19-16(20)17(18)9-5-6-10-17)12-22-15-8-4-3-7-14(15)21-2;/h3-4,7-8,13H,5-6,9-12,18H2,1-2H3,(H,19,20);1H. The Kier molecular flexibility index (Phi) is 8.23. The third kappa shape index (κ3) is 5.59. The molecule has 1 aliphatic carbocycles. The molecule has 1 unspecified atom stereocenters. The Hall–Kier alpha value is -0.910. The van der Waals surface area contributed by atoms with Gasteiger partial charge in [0.15, 0.2) is 0 Å². The highest BCUT2D eigenvalue weighted by Gasteiger charge is 2.36. The Morgan fingerprint density at radius 1 is 1.39 bits per heavy atom. The maximum Gasteiger partial charge on any atom is 0.240 e. The largest absolute Gasteiger partial charge is 0.496 e. The predicted molar refractivity (Wildman–Crippen MR) is 98.5 cm³/mol. The molecule has 23 heavy (non-hydrogen) atoms. The average molecular weight is 359 g/mol. The molecule has 4 nitrogen and oxygen atoms in total. The normalized spacial score (nSPS) is 17.2. The van der Waals surface area contributed by atoms with Gasteiger partial charge in [-0.15, -0.1) is 24.2 Å². The molecule has 1 atom stereocenters. The van der Waals surface area contributed by atoms with Crippen molar-refractivity contribution < 1.29 is 9.53 Å². The fraction of sp³-hybridized carbons (Fsp3) is 0.588. The zero-order chi connectivity index (χ0) is 16.0. The molecule has 1 amide bonds. The Balaban J connectivity index is 0.00000264. The number of methoxy groups -OCH3 is 1. The van der Waals surface area contributed by atoms with Gasteiger partial charge in [0.05, 0.1) is 12.6 Å². The van der Waals surface area contributed by atoms with Crippen LogP contribution in [0, 0.1) is 5.92 Å². The van der Waals surface area contributed by atoms with E-state index in [0.29, 0.717) is 12.5 Å². The first-order valence-electron chi connectivity index (χ1n) is 7.88. The number of thioether (sulfide) groups is 1. The minimum absolute atomic E-state index is 0. The zero-order valence-corrected chi connectivity index (χ0v) is 15.5. The molecular formula is C17H27ClN2O2S. The average Bonchev–Trinajstić information content (AvgIpc) is 2.98. The number of ether oxygens (including phenoxy) is 1. The van der Waals surface area contributed by atoms with Crippen molar-refractivity contribution in [2.24, 2.45) is 11.7 Å². The SMILES string of the molecule is COc1ccccc1SCC(C)CNC(=O)C1(N)CCCC1.Cl. The maximum atomic E-state index is 12.2. The molecule has 1 aromatic carbocycles. The molecule has 0 spiro atoms. The number of benzene rings is 1. The van der Waals surface area contributed by atoms with Crippen LogP contribution < -0.4 is 15.8 Å². The summed E-state index contributed by atoms with van der Waals surface area (Å²) in [5, 5.41) is 3.02. The first-order chi connectivity index (χ1) is 10.5. The van der Waals surface area contributed by atoms with Crippen LogP contribution in [0.3, 0.4) is 0 Å². The molecule has 0 saturated heterocycles. The van der Waals surface area contributed by atoms with Gasteiger partial charge in [-0.25, -0.2) is 0 Å². The number of hydrogen-bond acceptors (Lipinski definition) is 4. The van der Waals surface area contributed by atoms with E-state index in [1.165, 1.54) is 0 Å². The quantitative estimate of drug-likeness (QED) is 0.734. The molecule has 1 saturated carbocycles. The number of amides is 1. The van der Waals surface area contributed by atoms with Gasteiger partial charge in [0, 0.05) is 17.2 Å². The van der Waals surface area contributed by atoms with Gasteiger partial charge in [-0.05, 0) is 30.9 Å². The van der Waals surface area contributed by atoms with Gasteiger partial charge in [0.1, 0.15) is 5.75 Å². The first-order valence-corrected chi connectivity index (χ1v) is 8.87. The molecule has 0 aromatic heterocycles. The second-order valence-electron chi connectivity index (χ2n) is 6.14. The van der Waals surface area contributed by atoms with Crippen LogP contribution in [0.25, 0.3) is 0 Å². The van der Waals surface area contributed by atoms with Crippen LogP contribution in [-0.4, -0.2) is 30.9 Å². The Morgan fingerprint density at radius 2 is 2.04 bits per heavy atom. The number of nitrogens with two attached hydrogens (primary N) is 1. The Bertz CT molecular complexity index is 507. The van der Waals surface area contributed by atoms with Crippen LogP contribution in [0.5, 0.6) is 5.75 Å². The van der Waals surface area contributed by atoms with E-state index in [2.05, 4.69) is 18.3 Å². The number of hydrogen-bond donors (Lipinski definition) is 2. The number of halogens is 1. The molecular weight excluding hydrogens is 332 g/mol. The van der Waals surface area contributed by atoms with Crippen molar-refractivity contribution in [3.63, 3.8) is 0 Å². The minimum atomic E-state index is -0.629. The summed E-state index contributed by atoms with van der Waals surface area (Å²) in [4.78, 5) is 13.3. The lowest BCUT2D eigenvalue weighted by atomic mass is 9.98. The maximum absolute atomic E-state index is 12.2. The second-order valence-corrected chi connectivity index (χ2v) is 7.20. The van der Waals surface area contributed by atoms with Crippen molar-refractivity contribution >= 4 is 30.1 Å². The summed E-state index contributed by atoms with van der Waals surface area (Å²) >= 11 is 1.76. The minimum Gasteiger partial charge on any atom is -0.496 e. The van der Waals surface area contributed by atoms with Gasteiger partial charge in [-0.1, -0.05) is 31.9 Å². The summed E-state index contributed by atoms with van der Waals surface area (Å²) in [6.07, 6.45) is 3.73. The van der Waals surface area contributed by atoms with Crippen LogP contribution in [-0.2, 0) is 4.79 Å². The molecule has 1 aliphatic rings. The van der Waals surface area contributed by atoms with Gasteiger partial charge in [0.2, 0.25) is 5.91 Å². The summed E-state index contributed by atoms with van der Waals surface area (Å²) in [7, 11) is 1.69. The Morgan fingerprint density at radius 3 is 2.70 bits per heavy atom. The monoisotopic (exact) mass is 358 g/mol. The van der Waals surface area contributed by atoms with Crippen molar-refractivity contribution in [2.75, 3.05) is 19.4 Å². The van der Waals surface area contributed by atoms with Gasteiger partial charge < -0.3 is 15.8 Å². The highest BCUT2D eigenvalue weighted by Crippen LogP contribution is 2.30. The van der Waals surface area contributed by atoms with E-state index in [4.69, 9.17) is 10.5 Å². The molecule has 0 radical (unpaired) electrons. The number of carbonyl (C=O) groups is 1. The predicted octanol–water partition coefficient (Wildman–Crippen LogP) is 3.23. The van der Waals surface area contributed by atoms with Crippen LogP contribution in [0.2, 0.25) is 0 Å². The summed E-state index contributed by atoms with van der Waals surface area (Å²) in [6, 6.07) is 8.00. The molecule has 6 heteroatoms. The number of rotatable bonds is 7. The molecule has 0 bridgehead atoms. The second kappa shape index (κ2) is 9.40. The van der Waals surface area contributed by atoms with E-state index >= 15 is 0 Å². The summed E-state index contributed by atoms with van der Waals surface area (Å²) in [6.45, 7) is 2.81. The van der Waals surface area contributed by atoms with Gasteiger partial charge in [-0.2, -0.15) is 0 Å². The van der Waals surface area contributed by atoms with E-state index in [1.54, 1.807) is 18.9 Å². The Labute approximate surface area is 149 Å². The molecule has 1 fully saturated rings. The lowest BCUT2D eigenvalue weighted by molar-refractivity contribution is -0.126. The molecule has 1 aromatic rings. The van der Waals surface area contributed by atoms with Crippen molar-refractivity contribution in [3.05, 3.63) is 24.3 Å². The molecule has 0 aliphatic heterocycles.